The zero-order valence-corrected chi connectivity index (χ0v) is 10.2. The first-order chi connectivity index (χ1) is 8.26. The highest BCUT2D eigenvalue weighted by atomic mass is 35.5. The summed E-state index contributed by atoms with van der Waals surface area (Å²) in [6.07, 6.45) is 1.52. The van der Waals surface area contributed by atoms with Crippen LogP contribution in [0.1, 0.15) is 6.92 Å². The lowest BCUT2D eigenvalue weighted by atomic mass is 10.2. The van der Waals surface area contributed by atoms with E-state index in [4.69, 9.17) is 26.1 Å². The molecule has 1 heterocycles. The highest BCUT2D eigenvalue weighted by Gasteiger charge is 2.14. The van der Waals surface area contributed by atoms with Gasteiger partial charge in [0.2, 0.25) is 5.75 Å². The molecular formula is C11H12ClN2O3+. The van der Waals surface area contributed by atoms with E-state index < -0.39 is 0 Å². The van der Waals surface area contributed by atoms with Crippen LogP contribution in [0.3, 0.4) is 0 Å². The standard InChI is InChI=1S/C11H11ClN2O3/c1-3-16-17-10-5-8-7(4-9(10)15-2)11(12)14-6-13-8/h4-6H,3H2,1-2H3/p+1. The van der Waals surface area contributed by atoms with E-state index in [1.165, 1.54) is 6.33 Å². The molecule has 0 unspecified atom stereocenters. The van der Waals surface area contributed by atoms with Gasteiger partial charge in [0.1, 0.15) is 5.52 Å². The molecule has 0 aliphatic carbocycles. The molecule has 0 bridgehead atoms. The Morgan fingerprint density at radius 3 is 2.88 bits per heavy atom. The van der Waals surface area contributed by atoms with Gasteiger partial charge in [-0.25, -0.2) is 4.98 Å². The van der Waals surface area contributed by atoms with E-state index in [9.17, 15) is 0 Å². The fraction of sp³-hybridized carbons (Fsp3) is 0.273. The van der Waals surface area contributed by atoms with Gasteiger partial charge in [-0.15, -0.1) is 0 Å². The number of rotatable bonds is 4. The molecule has 0 radical (unpaired) electrons. The Bertz CT molecular complexity index is 533. The molecule has 0 saturated heterocycles. The van der Waals surface area contributed by atoms with Crippen molar-refractivity contribution < 1.29 is 19.5 Å². The molecule has 0 aliphatic heterocycles. The number of nitrogens with zero attached hydrogens (tertiary/aromatic N) is 1. The van der Waals surface area contributed by atoms with Crippen LogP contribution in [0.25, 0.3) is 10.9 Å². The number of ether oxygens (including phenoxy) is 1. The fourth-order valence-corrected chi connectivity index (χ4v) is 1.63. The minimum atomic E-state index is 0.403. The van der Waals surface area contributed by atoms with Crippen molar-refractivity contribution in [3.05, 3.63) is 23.6 Å². The number of nitrogens with one attached hydrogen (secondary N) is 1. The van der Waals surface area contributed by atoms with E-state index in [0.29, 0.717) is 23.3 Å². The second-order valence-corrected chi connectivity index (χ2v) is 3.59. The number of benzene rings is 1. The van der Waals surface area contributed by atoms with Gasteiger partial charge in [0, 0.05) is 12.1 Å². The van der Waals surface area contributed by atoms with Crippen LogP contribution in [0, 0.1) is 0 Å². The quantitative estimate of drug-likeness (QED) is 0.477. The van der Waals surface area contributed by atoms with E-state index in [0.717, 1.165) is 10.9 Å². The number of halogens is 1. The molecular weight excluding hydrogens is 244 g/mol. The molecule has 90 valence electrons. The summed E-state index contributed by atoms with van der Waals surface area (Å²) >= 11 is 5.98. The first-order valence-electron chi connectivity index (χ1n) is 5.09. The van der Waals surface area contributed by atoms with E-state index >= 15 is 0 Å². The zero-order chi connectivity index (χ0) is 12.3. The molecule has 6 heteroatoms. The molecule has 0 fully saturated rings. The highest BCUT2D eigenvalue weighted by Crippen LogP contribution is 2.32. The van der Waals surface area contributed by atoms with Crippen LogP contribution in [0.15, 0.2) is 18.5 Å². The zero-order valence-electron chi connectivity index (χ0n) is 9.49. The van der Waals surface area contributed by atoms with Crippen molar-refractivity contribution in [1.29, 1.82) is 0 Å². The van der Waals surface area contributed by atoms with Gasteiger partial charge < -0.3 is 9.62 Å². The Labute approximate surface area is 103 Å². The molecule has 1 aromatic heterocycles. The normalized spacial score (nSPS) is 10.5. The van der Waals surface area contributed by atoms with Gasteiger partial charge in [0.15, 0.2) is 5.75 Å². The summed E-state index contributed by atoms with van der Waals surface area (Å²) in [5.74, 6) is 1.02. The van der Waals surface area contributed by atoms with E-state index in [2.05, 4.69) is 9.97 Å². The van der Waals surface area contributed by atoms with Crippen LogP contribution >= 0.6 is 11.6 Å². The third-order valence-corrected chi connectivity index (χ3v) is 2.49. The average molecular weight is 256 g/mol. The average Bonchev–Trinajstić information content (AvgIpc) is 2.36. The van der Waals surface area contributed by atoms with Crippen molar-refractivity contribution >= 4 is 22.5 Å². The summed E-state index contributed by atoms with van der Waals surface area (Å²) in [5.41, 5.74) is 0.792. The summed E-state index contributed by atoms with van der Waals surface area (Å²) in [6, 6.07) is 3.49. The number of methoxy groups -OCH3 is 1. The molecule has 2 aromatic rings. The Balaban J connectivity index is 2.52. The van der Waals surface area contributed by atoms with E-state index in [-0.39, 0.29) is 0 Å². The number of hydrogen-bond donors (Lipinski definition) is 0. The van der Waals surface area contributed by atoms with Crippen molar-refractivity contribution in [2.24, 2.45) is 0 Å². The van der Waals surface area contributed by atoms with Crippen molar-refractivity contribution in [3.63, 3.8) is 0 Å². The molecule has 0 amide bonds. The molecule has 17 heavy (non-hydrogen) atoms. The minimum Gasteiger partial charge on any atom is -0.493 e. The number of aromatic nitrogens is 2. The largest absolute Gasteiger partial charge is 0.493 e. The molecule has 0 atom stereocenters. The monoisotopic (exact) mass is 255 g/mol. The Morgan fingerprint density at radius 2 is 2.18 bits per heavy atom. The van der Waals surface area contributed by atoms with E-state index in [1.54, 1.807) is 19.2 Å². The molecule has 0 aliphatic rings. The Kier molecular flexibility index (Phi) is 3.61. The van der Waals surface area contributed by atoms with Crippen LogP contribution in [0.2, 0.25) is 5.15 Å². The number of aromatic amines is 1. The maximum Gasteiger partial charge on any atom is 0.286 e. The molecule has 1 N–H and O–H groups in total. The van der Waals surface area contributed by atoms with Gasteiger partial charge >= 0.3 is 0 Å². The first kappa shape index (κ1) is 11.9. The summed E-state index contributed by atoms with van der Waals surface area (Å²) in [5, 5.41) is 1.16. The maximum atomic E-state index is 5.98. The van der Waals surface area contributed by atoms with Crippen LogP contribution in [-0.2, 0) is 4.89 Å². The lowest BCUT2D eigenvalue weighted by Crippen LogP contribution is -2.06. The minimum absolute atomic E-state index is 0.403. The third-order valence-electron chi connectivity index (χ3n) is 2.19. The van der Waals surface area contributed by atoms with Gasteiger partial charge in [0.25, 0.3) is 11.5 Å². The number of hydrogen-bond acceptors (Lipinski definition) is 4. The van der Waals surface area contributed by atoms with Gasteiger partial charge in [-0.05, 0) is 23.5 Å². The van der Waals surface area contributed by atoms with Crippen molar-refractivity contribution in [3.8, 4) is 11.5 Å². The van der Waals surface area contributed by atoms with Crippen molar-refractivity contribution in [1.82, 2.24) is 4.98 Å². The lowest BCUT2D eigenvalue weighted by molar-refractivity contribution is -0.349. The summed E-state index contributed by atoms with van der Waals surface area (Å²) in [6.45, 7) is 2.28. The van der Waals surface area contributed by atoms with Crippen LogP contribution < -0.4 is 14.6 Å². The van der Waals surface area contributed by atoms with Crippen LogP contribution in [-0.4, -0.2) is 18.7 Å². The first-order valence-corrected chi connectivity index (χ1v) is 5.47. The topological polar surface area (TPSA) is 54.7 Å². The fourth-order valence-electron chi connectivity index (χ4n) is 1.43. The number of H-pyrrole nitrogens is 1. The number of fused-ring (bicyclic) bond motifs is 1. The van der Waals surface area contributed by atoms with Crippen molar-refractivity contribution in [2.75, 3.05) is 13.7 Å². The van der Waals surface area contributed by atoms with Gasteiger partial charge in [-0.2, -0.15) is 4.89 Å². The lowest BCUT2D eigenvalue weighted by Gasteiger charge is -2.08. The SMILES string of the molecule is CCOOc1cc2[nH+]cnc(Cl)c2cc1OC. The van der Waals surface area contributed by atoms with Gasteiger partial charge in [-0.1, -0.05) is 0 Å². The molecule has 0 spiro atoms. The van der Waals surface area contributed by atoms with Crippen LogP contribution in [0.4, 0.5) is 0 Å². The van der Waals surface area contributed by atoms with Gasteiger partial charge in [0.05, 0.1) is 19.1 Å². The Morgan fingerprint density at radius 1 is 1.35 bits per heavy atom. The van der Waals surface area contributed by atoms with Crippen LogP contribution in [0.5, 0.6) is 11.5 Å². The smallest absolute Gasteiger partial charge is 0.286 e. The summed E-state index contributed by atoms with van der Waals surface area (Å²) in [7, 11) is 1.55. The third kappa shape index (κ3) is 2.40. The predicted octanol–water partition coefficient (Wildman–Crippen LogP) is 2.04. The maximum absolute atomic E-state index is 5.98. The molecule has 5 nitrogen and oxygen atoms in total. The second-order valence-electron chi connectivity index (χ2n) is 3.23. The van der Waals surface area contributed by atoms with E-state index in [1.807, 2.05) is 6.92 Å². The predicted molar refractivity (Wildman–Crippen MR) is 62.1 cm³/mol. The Hall–Kier alpha value is -1.59. The molecule has 0 saturated carbocycles. The summed E-state index contributed by atoms with van der Waals surface area (Å²) in [4.78, 5) is 16.9. The van der Waals surface area contributed by atoms with Gasteiger partial charge in [-0.3, -0.25) is 0 Å². The second kappa shape index (κ2) is 5.16. The summed E-state index contributed by atoms with van der Waals surface area (Å²) < 4.78 is 5.20. The molecule has 1 aromatic carbocycles. The van der Waals surface area contributed by atoms with Crippen molar-refractivity contribution in [2.45, 2.75) is 6.92 Å². The highest BCUT2D eigenvalue weighted by molar-refractivity contribution is 6.33. The molecule has 2 rings (SSSR count).